The van der Waals surface area contributed by atoms with Gasteiger partial charge in [-0.2, -0.15) is 0 Å². The lowest BCUT2D eigenvalue weighted by Crippen LogP contribution is -2.05. The van der Waals surface area contributed by atoms with Crippen molar-refractivity contribution in [3.63, 3.8) is 0 Å². The average Bonchev–Trinajstić information content (AvgIpc) is 3.12. The number of azide groups is 1. The van der Waals surface area contributed by atoms with Gasteiger partial charge in [0.2, 0.25) is 0 Å². The first-order chi connectivity index (χ1) is 15.0. The molecule has 2 aromatic carbocycles. The molecule has 0 atom stereocenters. The quantitative estimate of drug-likeness (QED) is 0.157. The summed E-state index contributed by atoms with van der Waals surface area (Å²) in [5.74, 6) is 1.01. The van der Waals surface area contributed by atoms with Crippen molar-refractivity contribution in [2.45, 2.75) is 33.7 Å². The number of pyridine rings is 1. The molecule has 0 aliphatic heterocycles. The van der Waals surface area contributed by atoms with Crippen LogP contribution in [0.25, 0.3) is 37.6 Å². The molecule has 0 saturated heterocycles. The molecule has 4 aromatic rings. The molecule has 0 spiro atoms. The normalized spacial score (nSPS) is 10.6. The fourth-order valence-corrected chi connectivity index (χ4v) is 3.82. The van der Waals surface area contributed by atoms with Gasteiger partial charge in [-0.1, -0.05) is 54.5 Å². The zero-order chi connectivity index (χ0) is 22.0. The van der Waals surface area contributed by atoms with Crippen LogP contribution in [0.1, 0.15) is 29.6 Å². The predicted octanol–water partition coefficient (Wildman–Crippen LogP) is 6.82. The van der Waals surface area contributed by atoms with Crippen molar-refractivity contribution in [1.82, 2.24) is 14.5 Å². The Morgan fingerprint density at radius 1 is 1.06 bits per heavy atom. The maximum Gasteiger partial charge on any atom is 0.194 e. The summed E-state index contributed by atoms with van der Waals surface area (Å²) in [6.45, 7) is 14.3. The van der Waals surface area contributed by atoms with Crippen LogP contribution in [0.4, 0.5) is 11.4 Å². The van der Waals surface area contributed by atoms with Crippen molar-refractivity contribution in [2.24, 2.45) is 5.11 Å². The van der Waals surface area contributed by atoms with E-state index in [2.05, 4.69) is 51.5 Å². The highest BCUT2D eigenvalue weighted by molar-refractivity contribution is 5.81. The first-order valence-electron chi connectivity index (χ1n) is 10.0. The van der Waals surface area contributed by atoms with Crippen molar-refractivity contribution < 1.29 is 0 Å². The molecule has 7 nitrogen and oxygen atoms in total. The third-order valence-corrected chi connectivity index (χ3v) is 5.28. The number of benzene rings is 2. The van der Waals surface area contributed by atoms with E-state index in [-0.39, 0.29) is 0 Å². The second-order valence-corrected chi connectivity index (χ2v) is 7.42. The Morgan fingerprint density at radius 3 is 2.52 bits per heavy atom. The topological polar surface area (TPSA) is 83.8 Å². The van der Waals surface area contributed by atoms with Gasteiger partial charge in [0.1, 0.15) is 11.3 Å². The van der Waals surface area contributed by atoms with Crippen LogP contribution in [0.2, 0.25) is 0 Å². The Kier molecular flexibility index (Phi) is 5.40. The summed E-state index contributed by atoms with van der Waals surface area (Å²) in [5.41, 5.74) is 16.5. The van der Waals surface area contributed by atoms with Crippen molar-refractivity contribution in [2.75, 3.05) is 0 Å². The molecular weight excluding hydrogens is 386 g/mol. The van der Waals surface area contributed by atoms with Gasteiger partial charge in [-0.05, 0) is 47.7 Å². The molecule has 7 heteroatoms. The largest absolute Gasteiger partial charge is 0.308 e. The maximum absolute atomic E-state index is 8.70. The molecule has 152 valence electrons. The monoisotopic (exact) mass is 407 g/mol. The SMILES string of the molecule is [C-]#[N+]c1ccc(N=[N+]=[N-])cc1-c1ccc(Cn2c(CC)nc3c(C)cc(C)nc32)cc1. The predicted molar refractivity (Wildman–Crippen MR) is 122 cm³/mol. The molecule has 2 aromatic heterocycles. The lowest BCUT2D eigenvalue weighted by Gasteiger charge is -2.10. The number of nitrogens with zero attached hydrogens (tertiary/aromatic N) is 7. The van der Waals surface area contributed by atoms with E-state index in [4.69, 9.17) is 22.1 Å². The molecule has 0 aliphatic rings. The Labute approximate surface area is 180 Å². The van der Waals surface area contributed by atoms with Crippen LogP contribution in [0.15, 0.2) is 53.6 Å². The highest BCUT2D eigenvalue weighted by Gasteiger charge is 2.14. The number of aryl methyl sites for hydroxylation is 3. The molecule has 2 heterocycles. The van der Waals surface area contributed by atoms with E-state index in [9.17, 15) is 0 Å². The first-order valence-corrected chi connectivity index (χ1v) is 10.0. The van der Waals surface area contributed by atoms with Gasteiger partial charge in [0.25, 0.3) is 0 Å². The van der Waals surface area contributed by atoms with Gasteiger partial charge in [0.05, 0.1) is 13.1 Å². The standard InChI is InChI=1S/C24H21N7/c1-5-22-28-23-15(2)12-16(3)27-24(23)31(22)14-17-6-8-18(9-7-17)20-13-19(29-30-25)10-11-21(20)26-4/h6-13H,5,14H2,1-3H3. The Bertz CT molecular complexity index is 1370. The van der Waals surface area contributed by atoms with E-state index in [0.717, 1.165) is 51.4 Å². The minimum atomic E-state index is 0.489. The second-order valence-electron chi connectivity index (χ2n) is 7.42. The molecule has 31 heavy (non-hydrogen) atoms. The van der Waals surface area contributed by atoms with Crippen molar-refractivity contribution in [1.29, 1.82) is 0 Å². The number of fused-ring (bicyclic) bond motifs is 1. The smallest absolute Gasteiger partial charge is 0.194 e. The lowest BCUT2D eigenvalue weighted by atomic mass is 10.0. The van der Waals surface area contributed by atoms with Crippen LogP contribution in [0, 0.1) is 20.4 Å². The summed E-state index contributed by atoms with van der Waals surface area (Å²) in [6.07, 6.45) is 0.827. The maximum atomic E-state index is 8.70. The number of imidazole rings is 1. The number of hydrogen-bond acceptors (Lipinski definition) is 3. The summed E-state index contributed by atoms with van der Waals surface area (Å²) in [7, 11) is 0. The highest BCUT2D eigenvalue weighted by Crippen LogP contribution is 2.34. The Morgan fingerprint density at radius 2 is 1.84 bits per heavy atom. The highest BCUT2D eigenvalue weighted by atomic mass is 15.1. The van der Waals surface area contributed by atoms with Crippen LogP contribution in [-0.2, 0) is 13.0 Å². The average molecular weight is 407 g/mol. The molecule has 0 aliphatic carbocycles. The van der Waals surface area contributed by atoms with Gasteiger partial charge in [0.15, 0.2) is 11.3 Å². The fourth-order valence-electron chi connectivity index (χ4n) is 3.82. The van der Waals surface area contributed by atoms with Crippen LogP contribution in [-0.4, -0.2) is 14.5 Å². The van der Waals surface area contributed by atoms with E-state index in [1.165, 1.54) is 0 Å². The minimum Gasteiger partial charge on any atom is -0.308 e. The number of rotatable bonds is 5. The van der Waals surface area contributed by atoms with Gasteiger partial charge >= 0.3 is 0 Å². The third-order valence-electron chi connectivity index (χ3n) is 5.28. The van der Waals surface area contributed by atoms with E-state index in [1.54, 1.807) is 18.2 Å². The summed E-state index contributed by atoms with van der Waals surface area (Å²) in [5, 5.41) is 3.66. The lowest BCUT2D eigenvalue weighted by molar-refractivity contribution is 0.745. The Hall–Kier alpha value is -4.14. The minimum absolute atomic E-state index is 0.489. The molecule has 0 fully saturated rings. The third kappa shape index (κ3) is 3.85. The van der Waals surface area contributed by atoms with Crippen LogP contribution < -0.4 is 0 Å². The van der Waals surface area contributed by atoms with Gasteiger partial charge < -0.3 is 4.57 Å². The Balaban J connectivity index is 1.72. The van der Waals surface area contributed by atoms with Gasteiger partial charge in [-0.25, -0.2) is 14.8 Å². The molecular formula is C24H21N7. The molecule has 0 bridgehead atoms. The van der Waals surface area contributed by atoms with Crippen molar-refractivity contribution in [3.05, 3.63) is 93.0 Å². The van der Waals surface area contributed by atoms with Crippen LogP contribution in [0.5, 0.6) is 0 Å². The van der Waals surface area contributed by atoms with Crippen molar-refractivity contribution >= 4 is 22.5 Å². The van der Waals surface area contributed by atoms with Crippen LogP contribution in [0.3, 0.4) is 0 Å². The fraction of sp³-hybridized carbons (Fsp3) is 0.208. The van der Waals surface area contributed by atoms with E-state index in [1.807, 2.05) is 19.1 Å². The summed E-state index contributed by atoms with van der Waals surface area (Å²) in [4.78, 5) is 16.0. The molecule has 4 rings (SSSR count). The van der Waals surface area contributed by atoms with Crippen LogP contribution >= 0.6 is 0 Å². The van der Waals surface area contributed by atoms with Crippen molar-refractivity contribution in [3.8, 4) is 11.1 Å². The van der Waals surface area contributed by atoms with Gasteiger partial charge in [-0.3, -0.25) is 0 Å². The summed E-state index contributed by atoms with van der Waals surface area (Å²) >= 11 is 0. The summed E-state index contributed by atoms with van der Waals surface area (Å²) in [6, 6.07) is 15.2. The number of hydrogen-bond donors (Lipinski definition) is 0. The molecule has 0 amide bonds. The zero-order valence-corrected chi connectivity index (χ0v) is 17.7. The van der Waals surface area contributed by atoms with E-state index >= 15 is 0 Å². The van der Waals surface area contributed by atoms with Gasteiger partial charge in [0, 0.05) is 22.7 Å². The molecule has 0 saturated carbocycles. The number of aromatic nitrogens is 3. The zero-order valence-electron chi connectivity index (χ0n) is 17.7. The van der Waals surface area contributed by atoms with E-state index < -0.39 is 0 Å². The molecule has 0 N–H and O–H groups in total. The second kappa shape index (κ2) is 8.31. The molecule has 0 radical (unpaired) electrons. The summed E-state index contributed by atoms with van der Waals surface area (Å²) < 4.78 is 2.18. The first kappa shape index (κ1) is 20.1. The van der Waals surface area contributed by atoms with E-state index in [0.29, 0.717) is 17.9 Å². The van der Waals surface area contributed by atoms with Gasteiger partial charge in [-0.15, -0.1) is 0 Å². The molecule has 0 unspecified atom stereocenters.